The maximum absolute atomic E-state index is 11.8. The standard InChI is InChI=1S/C13H20O7Si2/c1-21(2,7-8-5-10(14)18-12(8)16)20-22(3,4)9-6-11(15)19-13(9)17/h8-9H,5-7H2,1-4H3. The van der Waals surface area contributed by atoms with E-state index in [1.54, 1.807) is 0 Å². The third-order valence-corrected chi connectivity index (χ3v) is 11.9. The monoisotopic (exact) mass is 344 g/mol. The van der Waals surface area contributed by atoms with Crippen LogP contribution < -0.4 is 0 Å². The molecule has 0 aliphatic carbocycles. The summed E-state index contributed by atoms with van der Waals surface area (Å²) in [6.45, 7) is 7.65. The van der Waals surface area contributed by atoms with Crippen molar-refractivity contribution in [3.8, 4) is 0 Å². The third kappa shape index (κ3) is 3.71. The summed E-state index contributed by atoms with van der Waals surface area (Å²) in [5, 5.41) is 0. The topological polar surface area (TPSA) is 96.0 Å². The molecule has 0 spiro atoms. The molecule has 122 valence electrons. The van der Waals surface area contributed by atoms with Gasteiger partial charge in [-0.2, -0.15) is 0 Å². The number of carbonyl (C=O) groups is 4. The minimum atomic E-state index is -2.49. The van der Waals surface area contributed by atoms with E-state index in [-0.39, 0.29) is 12.8 Å². The van der Waals surface area contributed by atoms with Crippen molar-refractivity contribution in [3.63, 3.8) is 0 Å². The number of hydrogen-bond donors (Lipinski definition) is 0. The smallest absolute Gasteiger partial charge is 0.316 e. The van der Waals surface area contributed by atoms with Crippen LogP contribution >= 0.6 is 0 Å². The Hall–Kier alpha value is -1.33. The molecule has 2 heterocycles. The predicted octanol–water partition coefficient (Wildman–Crippen LogP) is 1.35. The normalized spacial score (nSPS) is 26.4. The molecule has 2 atom stereocenters. The molecule has 2 aliphatic heterocycles. The van der Waals surface area contributed by atoms with Crippen molar-refractivity contribution in [2.24, 2.45) is 5.92 Å². The Morgan fingerprint density at radius 1 is 0.955 bits per heavy atom. The van der Waals surface area contributed by atoms with Gasteiger partial charge in [0, 0.05) is 0 Å². The molecule has 0 aromatic rings. The molecule has 2 aliphatic rings. The Labute approximate surface area is 130 Å². The molecule has 2 unspecified atom stereocenters. The van der Waals surface area contributed by atoms with E-state index in [4.69, 9.17) is 4.12 Å². The largest absolute Gasteiger partial charge is 0.455 e. The summed E-state index contributed by atoms with van der Waals surface area (Å²) in [5.74, 6) is -2.48. The highest BCUT2D eigenvalue weighted by Crippen LogP contribution is 2.37. The van der Waals surface area contributed by atoms with Crippen molar-refractivity contribution in [1.82, 2.24) is 0 Å². The van der Waals surface area contributed by atoms with Crippen LogP contribution in [0.1, 0.15) is 12.8 Å². The number of ether oxygens (including phenoxy) is 2. The number of cyclic esters (lactones) is 4. The molecule has 0 aromatic carbocycles. The molecule has 2 rings (SSSR count). The number of hydrogen-bond acceptors (Lipinski definition) is 7. The van der Waals surface area contributed by atoms with E-state index in [2.05, 4.69) is 9.47 Å². The predicted molar refractivity (Wildman–Crippen MR) is 79.5 cm³/mol. The van der Waals surface area contributed by atoms with Crippen molar-refractivity contribution < 1.29 is 32.8 Å². The first-order chi connectivity index (χ1) is 10.00. The van der Waals surface area contributed by atoms with Crippen LogP contribution in [-0.2, 0) is 32.8 Å². The van der Waals surface area contributed by atoms with Crippen molar-refractivity contribution >= 4 is 40.5 Å². The summed E-state index contributed by atoms with van der Waals surface area (Å²) in [6, 6.07) is 0.462. The molecule has 0 bridgehead atoms. The minimum Gasteiger partial charge on any atom is -0.455 e. The Morgan fingerprint density at radius 3 is 1.95 bits per heavy atom. The highest BCUT2D eigenvalue weighted by Gasteiger charge is 2.50. The molecular weight excluding hydrogens is 324 g/mol. The summed E-state index contributed by atoms with van der Waals surface area (Å²) < 4.78 is 15.5. The molecule has 22 heavy (non-hydrogen) atoms. The van der Waals surface area contributed by atoms with Crippen molar-refractivity contribution in [2.75, 3.05) is 0 Å². The van der Waals surface area contributed by atoms with Gasteiger partial charge in [-0.1, -0.05) is 0 Å². The van der Waals surface area contributed by atoms with Crippen LogP contribution in [0.4, 0.5) is 0 Å². The van der Waals surface area contributed by atoms with Crippen molar-refractivity contribution in [3.05, 3.63) is 0 Å². The second-order valence-corrected chi connectivity index (χ2v) is 15.6. The van der Waals surface area contributed by atoms with E-state index in [0.29, 0.717) is 6.04 Å². The van der Waals surface area contributed by atoms with Gasteiger partial charge in [-0.05, 0) is 32.2 Å². The van der Waals surface area contributed by atoms with Crippen LogP contribution in [0.2, 0.25) is 37.8 Å². The Bertz CT molecular complexity index is 541. The zero-order valence-electron chi connectivity index (χ0n) is 13.1. The molecule has 9 heteroatoms. The van der Waals surface area contributed by atoms with E-state index in [1.807, 2.05) is 26.2 Å². The van der Waals surface area contributed by atoms with Gasteiger partial charge in [0.05, 0.1) is 24.3 Å². The lowest BCUT2D eigenvalue weighted by molar-refractivity contribution is -0.154. The lowest BCUT2D eigenvalue weighted by atomic mass is 10.1. The molecular formula is C13H20O7Si2. The second kappa shape index (κ2) is 5.71. The minimum absolute atomic E-state index is 0.0620. The molecule has 2 fully saturated rings. The fourth-order valence-electron chi connectivity index (χ4n) is 3.10. The average molecular weight is 344 g/mol. The molecule has 0 radical (unpaired) electrons. The maximum Gasteiger partial charge on any atom is 0.316 e. The first-order valence-corrected chi connectivity index (χ1v) is 13.3. The van der Waals surface area contributed by atoms with E-state index < -0.39 is 52.0 Å². The van der Waals surface area contributed by atoms with Gasteiger partial charge in [-0.15, -0.1) is 0 Å². The second-order valence-electron chi connectivity index (χ2n) is 6.91. The first kappa shape index (κ1) is 17.0. The number of esters is 4. The molecule has 2 saturated heterocycles. The zero-order chi connectivity index (χ0) is 16.7. The van der Waals surface area contributed by atoms with Crippen molar-refractivity contribution in [1.29, 1.82) is 0 Å². The highest BCUT2D eigenvalue weighted by atomic mass is 28.4. The third-order valence-electron chi connectivity index (χ3n) is 3.95. The molecule has 0 amide bonds. The zero-order valence-corrected chi connectivity index (χ0v) is 15.1. The Morgan fingerprint density at radius 2 is 1.50 bits per heavy atom. The summed E-state index contributed by atoms with van der Waals surface area (Å²) in [6.07, 6.45) is 0.150. The van der Waals surface area contributed by atoms with Crippen LogP contribution in [0.15, 0.2) is 0 Å². The van der Waals surface area contributed by atoms with Gasteiger partial charge in [-0.3, -0.25) is 19.2 Å². The summed E-state index contributed by atoms with van der Waals surface area (Å²) in [4.78, 5) is 45.8. The van der Waals surface area contributed by atoms with Crippen LogP contribution in [0.5, 0.6) is 0 Å². The Balaban J connectivity index is 2.04. The molecule has 7 nitrogen and oxygen atoms in total. The molecule has 0 saturated carbocycles. The van der Waals surface area contributed by atoms with Crippen LogP contribution in [0.25, 0.3) is 0 Å². The maximum atomic E-state index is 11.8. The summed E-state index contributed by atoms with van der Waals surface area (Å²) in [7, 11) is -4.80. The summed E-state index contributed by atoms with van der Waals surface area (Å²) >= 11 is 0. The lowest BCUT2D eigenvalue weighted by Crippen LogP contribution is -2.49. The SMILES string of the molecule is C[Si](C)(CC1CC(=O)OC1=O)O[Si](C)(C)C1CC(=O)OC1=O. The number of rotatable bonds is 5. The highest BCUT2D eigenvalue weighted by molar-refractivity contribution is 6.87. The molecule has 0 aromatic heterocycles. The average Bonchev–Trinajstić information content (AvgIpc) is 2.80. The van der Waals surface area contributed by atoms with Crippen molar-refractivity contribution in [2.45, 2.75) is 50.6 Å². The van der Waals surface area contributed by atoms with E-state index in [0.717, 1.165) is 0 Å². The van der Waals surface area contributed by atoms with Gasteiger partial charge in [0.25, 0.3) is 0 Å². The van der Waals surface area contributed by atoms with Crippen LogP contribution in [-0.4, -0.2) is 40.5 Å². The number of carbonyl (C=O) groups excluding carboxylic acids is 4. The van der Waals surface area contributed by atoms with Gasteiger partial charge in [0.15, 0.2) is 16.6 Å². The van der Waals surface area contributed by atoms with Gasteiger partial charge >= 0.3 is 23.9 Å². The molecule has 0 N–H and O–H groups in total. The summed E-state index contributed by atoms with van der Waals surface area (Å²) in [5.41, 5.74) is -0.510. The van der Waals surface area contributed by atoms with E-state index >= 15 is 0 Å². The fourth-order valence-corrected chi connectivity index (χ4v) is 12.5. The quantitative estimate of drug-likeness (QED) is 0.422. The van der Waals surface area contributed by atoms with Gasteiger partial charge in [-0.25, -0.2) is 0 Å². The van der Waals surface area contributed by atoms with Crippen LogP contribution in [0.3, 0.4) is 0 Å². The Kier molecular flexibility index (Phi) is 4.42. The van der Waals surface area contributed by atoms with Gasteiger partial charge in [0.2, 0.25) is 0 Å². The fraction of sp³-hybridized carbons (Fsp3) is 0.692. The van der Waals surface area contributed by atoms with Gasteiger partial charge < -0.3 is 13.6 Å². The van der Waals surface area contributed by atoms with Gasteiger partial charge in [0.1, 0.15) is 0 Å². The lowest BCUT2D eigenvalue weighted by Gasteiger charge is -2.36. The van der Waals surface area contributed by atoms with E-state index in [9.17, 15) is 19.2 Å². The van der Waals surface area contributed by atoms with Crippen LogP contribution in [0, 0.1) is 5.92 Å². The van der Waals surface area contributed by atoms with E-state index in [1.165, 1.54) is 0 Å². The first-order valence-electron chi connectivity index (χ1n) is 7.19.